The third-order valence-electron chi connectivity index (χ3n) is 4.18. The van der Waals surface area contributed by atoms with Crippen molar-refractivity contribution in [2.75, 3.05) is 25.3 Å². The number of amides is 1. The third kappa shape index (κ3) is 6.56. The van der Waals surface area contributed by atoms with Crippen molar-refractivity contribution in [2.24, 2.45) is 0 Å². The Labute approximate surface area is 178 Å². The van der Waals surface area contributed by atoms with E-state index in [-0.39, 0.29) is 11.2 Å². The van der Waals surface area contributed by atoms with Crippen molar-refractivity contribution < 1.29 is 19.1 Å². The number of alkyl halides is 1. The SMILES string of the molecule is COC(=O)[C@@H](CSCc1ccccc1)N(Cc1ccc(OC)cc1)C(=O)CBr. The number of rotatable bonds is 10. The van der Waals surface area contributed by atoms with Gasteiger partial charge in [-0.3, -0.25) is 4.79 Å². The van der Waals surface area contributed by atoms with Crippen LogP contribution in [0.4, 0.5) is 0 Å². The molecule has 1 amide bonds. The van der Waals surface area contributed by atoms with Crippen molar-refractivity contribution in [3.63, 3.8) is 0 Å². The van der Waals surface area contributed by atoms with Crippen LogP contribution in [0.25, 0.3) is 0 Å². The van der Waals surface area contributed by atoms with Crippen molar-refractivity contribution in [1.82, 2.24) is 4.90 Å². The second kappa shape index (κ2) is 11.8. The molecule has 2 aromatic rings. The summed E-state index contributed by atoms with van der Waals surface area (Å²) in [7, 11) is 2.95. The first kappa shape index (κ1) is 22.3. The van der Waals surface area contributed by atoms with Crippen LogP contribution in [0.2, 0.25) is 0 Å². The molecular weight excluding hydrogens is 442 g/mol. The van der Waals surface area contributed by atoms with Gasteiger partial charge >= 0.3 is 5.97 Å². The van der Waals surface area contributed by atoms with E-state index in [4.69, 9.17) is 9.47 Å². The quantitative estimate of drug-likeness (QED) is 0.393. The van der Waals surface area contributed by atoms with Gasteiger partial charge in [0.1, 0.15) is 11.8 Å². The maximum Gasteiger partial charge on any atom is 0.329 e. The number of nitrogens with zero attached hydrogens (tertiary/aromatic N) is 1. The zero-order valence-corrected chi connectivity index (χ0v) is 18.4. The number of hydrogen-bond donors (Lipinski definition) is 0. The van der Waals surface area contributed by atoms with Crippen LogP contribution in [-0.2, 0) is 26.6 Å². The molecule has 150 valence electrons. The average molecular weight is 466 g/mol. The molecule has 7 heteroatoms. The summed E-state index contributed by atoms with van der Waals surface area (Å²) in [6, 6.07) is 16.8. The fraction of sp³-hybridized carbons (Fsp3) is 0.333. The summed E-state index contributed by atoms with van der Waals surface area (Å²) in [5.74, 6) is 1.38. The number of halogens is 1. The lowest BCUT2D eigenvalue weighted by Gasteiger charge is -2.29. The molecule has 0 fully saturated rings. The molecule has 0 aromatic heterocycles. The van der Waals surface area contributed by atoms with Gasteiger partial charge in [-0.25, -0.2) is 4.79 Å². The summed E-state index contributed by atoms with van der Waals surface area (Å²) >= 11 is 4.83. The zero-order chi connectivity index (χ0) is 20.4. The van der Waals surface area contributed by atoms with Crippen LogP contribution >= 0.6 is 27.7 Å². The highest BCUT2D eigenvalue weighted by Gasteiger charge is 2.30. The number of methoxy groups -OCH3 is 2. The third-order valence-corrected chi connectivity index (χ3v) is 5.75. The predicted octanol–water partition coefficient (Wildman–Crippen LogP) is 3.89. The topological polar surface area (TPSA) is 55.8 Å². The number of thioether (sulfide) groups is 1. The Balaban J connectivity index is 2.13. The smallest absolute Gasteiger partial charge is 0.329 e. The standard InChI is InChI=1S/C21H24BrNO4S/c1-26-18-10-8-16(9-11-18)13-23(20(24)12-22)19(21(25)27-2)15-28-14-17-6-4-3-5-7-17/h3-11,19H,12-15H2,1-2H3/t19-/m1/s1. The number of benzene rings is 2. The molecule has 0 unspecified atom stereocenters. The summed E-state index contributed by atoms with van der Waals surface area (Å²) in [4.78, 5) is 26.6. The lowest BCUT2D eigenvalue weighted by molar-refractivity contribution is -0.151. The summed E-state index contributed by atoms with van der Waals surface area (Å²) < 4.78 is 10.2. The first-order valence-corrected chi connectivity index (χ1v) is 11.0. The molecule has 0 aliphatic rings. The van der Waals surface area contributed by atoms with E-state index in [1.54, 1.807) is 23.8 Å². The molecule has 2 rings (SSSR count). The Morgan fingerprint density at radius 2 is 1.71 bits per heavy atom. The van der Waals surface area contributed by atoms with Crippen LogP contribution in [0.5, 0.6) is 5.75 Å². The average Bonchev–Trinajstić information content (AvgIpc) is 2.75. The molecule has 0 spiro atoms. The first-order valence-electron chi connectivity index (χ1n) is 8.77. The highest BCUT2D eigenvalue weighted by Crippen LogP contribution is 2.20. The molecule has 0 radical (unpaired) electrons. The van der Waals surface area contributed by atoms with Gasteiger partial charge in [-0.05, 0) is 23.3 Å². The lowest BCUT2D eigenvalue weighted by Crippen LogP contribution is -2.47. The van der Waals surface area contributed by atoms with E-state index in [9.17, 15) is 9.59 Å². The van der Waals surface area contributed by atoms with Crippen molar-refractivity contribution in [1.29, 1.82) is 0 Å². The monoisotopic (exact) mass is 465 g/mol. The second-order valence-electron chi connectivity index (χ2n) is 6.04. The largest absolute Gasteiger partial charge is 0.497 e. The lowest BCUT2D eigenvalue weighted by atomic mass is 10.1. The Hall–Kier alpha value is -1.99. The number of esters is 1. The molecule has 0 aliphatic carbocycles. The van der Waals surface area contributed by atoms with Gasteiger partial charge in [-0.1, -0.05) is 58.4 Å². The molecule has 28 heavy (non-hydrogen) atoms. The summed E-state index contributed by atoms with van der Waals surface area (Å²) in [5, 5.41) is 0.139. The maximum atomic E-state index is 12.6. The summed E-state index contributed by atoms with van der Waals surface area (Å²) in [6.45, 7) is 0.320. The molecule has 0 N–H and O–H groups in total. The highest BCUT2D eigenvalue weighted by molar-refractivity contribution is 9.09. The fourth-order valence-electron chi connectivity index (χ4n) is 2.66. The van der Waals surface area contributed by atoms with Gasteiger partial charge in [0.15, 0.2) is 0 Å². The number of carbonyl (C=O) groups excluding carboxylic acids is 2. The Morgan fingerprint density at radius 3 is 2.29 bits per heavy atom. The fourth-order valence-corrected chi connectivity index (χ4v) is 4.07. The molecule has 0 saturated heterocycles. The minimum atomic E-state index is -0.661. The molecule has 0 bridgehead atoms. The van der Waals surface area contributed by atoms with E-state index in [1.807, 2.05) is 54.6 Å². The van der Waals surface area contributed by atoms with Crippen molar-refractivity contribution in [3.05, 3.63) is 65.7 Å². The number of ether oxygens (including phenoxy) is 2. The summed E-state index contributed by atoms with van der Waals surface area (Å²) in [6.07, 6.45) is 0. The Morgan fingerprint density at radius 1 is 1.04 bits per heavy atom. The van der Waals surface area contributed by atoms with Gasteiger partial charge in [-0.15, -0.1) is 0 Å². The number of carbonyl (C=O) groups is 2. The minimum Gasteiger partial charge on any atom is -0.497 e. The first-order chi connectivity index (χ1) is 13.6. The van der Waals surface area contributed by atoms with Crippen LogP contribution < -0.4 is 4.74 Å². The van der Waals surface area contributed by atoms with E-state index in [1.165, 1.54) is 12.7 Å². The normalized spacial score (nSPS) is 11.5. The van der Waals surface area contributed by atoms with Gasteiger partial charge in [0, 0.05) is 18.1 Å². The van der Waals surface area contributed by atoms with Crippen LogP contribution in [0.15, 0.2) is 54.6 Å². The van der Waals surface area contributed by atoms with Crippen molar-refractivity contribution in [2.45, 2.75) is 18.3 Å². The second-order valence-corrected chi connectivity index (χ2v) is 7.63. The Kier molecular flexibility index (Phi) is 9.37. The summed E-state index contributed by atoms with van der Waals surface area (Å²) in [5.41, 5.74) is 2.08. The van der Waals surface area contributed by atoms with Gasteiger partial charge in [0.25, 0.3) is 0 Å². The molecule has 1 atom stereocenters. The zero-order valence-electron chi connectivity index (χ0n) is 16.0. The molecule has 2 aromatic carbocycles. The van der Waals surface area contributed by atoms with Crippen LogP contribution in [0, 0.1) is 0 Å². The van der Waals surface area contributed by atoms with Crippen LogP contribution in [0.3, 0.4) is 0 Å². The minimum absolute atomic E-state index is 0.139. The van der Waals surface area contributed by atoms with Crippen molar-refractivity contribution in [3.8, 4) is 5.75 Å². The highest BCUT2D eigenvalue weighted by atomic mass is 79.9. The number of hydrogen-bond acceptors (Lipinski definition) is 5. The van der Waals surface area contributed by atoms with E-state index < -0.39 is 12.0 Å². The van der Waals surface area contributed by atoms with E-state index in [2.05, 4.69) is 15.9 Å². The van der Waals surface area contributed by atoms with E-state index in [0.29, 0.717) is 12.3 Å². The van der Waals surface area contributed by atoms with Crippen LogP contribution in [0.1, 0.15) is 11.1 Å². The van der Waals surface area contributed by atoms with Gasteiger partial charge in [-0.2, -0.15) is 11.8 Å². The predicted molar refractivity (Wildman–Crippen MR) is 116 cm³/mol. The maximum absolute atomic E-state index is 12.6. The van der Waals surface area contributed by atoms with E-state index in [0.717, 1.165) is 17.1 Å². The van der Waals surface area contributed by atoms with Crippen LogP contribution in [-0.4, -0.2) is 48.1 Å². The molecule has 0 aliphatic heterocycles. The van der Waals surface area contributed by atoms with E-state index >= 15 is 0 Å². The molecule has 0 heterocycles. The van der Waals surface area contributed by atoms with Gasteiger partial charge < -0.3 is 14.4 Å². The van der Waals surface area contributed by atoms with Gasteiger partial charge in [0.2, 0.25) is 5.91 Å². The van der Waals surface area contributed by atoms with Gasteiger partial charge in [0.05, 0.1) is 19.5 Å². The molecular formula is C21H24BrNO4S. The molecule has 5 nitrogen and oxygen atoms in total. The van der Waals surface area contributed by atoms with Crippen molar-refractivity contribution >= 4 is 39.6 Å². The Bertz CT molecular complexity index is 755. The molecule has 0 saturated carbocycles.